The zero-order valence-electron chi connectivity index (χ0n) is 16.9. The number of amides is 1. The SMILES string of the molecule is C=CC(=O)Nc1ccccc1Nc1nc(N[C@H]2CCC[C@@H](C(=O)O)C2)ncc1C(F)(F)F. The minimum Gasteiger partial charge on any atom is -0.481 e. The second-order valence-corrected chi connectivity index (χ2v) is 7.36. The third-order valence-electron chi connectivity index (χ3n) is 5.07. The van der Waals surface area contributed by atoms with E-state index in [-0.39, 0.29) is 23.4 Å². The molecule has 0 bridgehead atoms. The predicted molar refractivity (Wildman–Crippen MR) is 113 cm³/mol. The van der Waals surface area contributed by atoms with Gasteiger partial charge in [-0.2, -0.15) is 18.2 Å². The van der Waals surface area contributed by atoms with Crippen LogP contribution in [0.4, 0.5) is 36.3 Å². The summed E-state index contributed by atoms with van der Waals surface area (Å²) in [5.41, 5.74) is -0.642. The third-order valence-corrected chi connectivity index (χ3v) is 5.07. The number of aromatic nitrogens is 2. The smallest absolute Gasteiger partial charge is 0.421 e. The van der Waals surface area contributed by atoms with Crippen molar-refractivity contribution in [1.29, 1.82) is 0 Å². The fraction of sp³-hybridized carbons (Fsp3) is 0.333. The fourth-order valence-corrected chi connectivity index (χ4v) is 3.49. The molecule has 1 aliphatic carbocycles. The summed E-state index contributed by atoms with van der Waals surface area (Å²) in [6, 6.07) is 5.95. The molecule has 1 amide bonds. The zero-order chi connectivity index (χ0) is 23.3. The highest BCUT2D eigenvalue weighted by atomic mass is 19.4. The Bertz CT molecular complexity index is 1010. The van der Waals surface area contributed by atoms with E-state index in [0.29, 0.717) is 31.9 Å². The molecule has 1 fully saturated rings. The lowest BCUT2D eigenvalue weighted by atomic mass is 9.86. The maximum absolute atomic E-state index is 13.6. The van der Waals surface area contributed by atoms with E-state index in [9.17, 15) is 27.9 Å². The third kappa shape index (κ3) is 5.74. The number of hydrogen-bond donors (Lipinski definition) is 4. The molecule has 0 saturated heterocycles. The van der Waals surface area contributed by atoms with Gasteiger partial charge in [0, 0.05) is 12.2 Å². The maximum atomic E-state index is 13.6. The number of anilines is 4. The number of rotatable bonds is 7. The predicted octanol–water partition coefficient (Wildman–Crippen LogP) is 4.42. The van der Waals surface area contributed by atoms with Crippen molar-refractivity contribution in [1.82, 2.24) is 9.97 Å². The number of halogens is 3. The van der Waals surface area contributed by atoms with Gasteiger partial charge in [0.05, 0.1) is 17.3 Å². The van der Waals surface area contributed by atoms with Crippen LogP contribution in [-0.4, -0.2) is 33.0 Å². The van der Waals surface area contributed by atoms with Crippen LogP contribution < -0.4 is 16.0 Å². The van der Waals surface area contributed by atoms with Crippen LogP contribution in [0.3, 0.4) is 0 Å². The van der Waals surface area contributed by atoms with Gasteiger partial charge in [-0.15, -0.1) is 0 Å². The molecule has 0 radical (unpaired) electrons. The normalized spacial score (nSPS) is 18.5. The summed E-state index contributed by atoms with van der Waals surface area (Å²) in [4.78, 5) is 30.7. The Morgan fingerprint density at radius 2 is 1.91 bits per heavy atom. The Kier molecular flexibility index (Phi) is 6.96. The number of carbonyl (C=O) groups excluding carboxylic acids is 1. The second-order valence-electron chi connectivity index (χ2n) is 7.36. The lowest BCUT2D eigenvalue weighted by Crippen LogP contribution is -2.31. The fourth-order valence-electron chi connectivity index (χ4n) is 3.49. The van der Waals surface area contributed by atoms with E-state index in [2.05, 4.69) is 32.5 Å². The molecule has 2 aromatic rings. The average molecular weight is 449 g/mol. The van der Waals surface area contributed by atoms with E-state index in [1.165, 1.54) is 12.1 Å². The van der Waals surface area contributed by atoms with Crippen molar-refractivity contribution in [3.8, 4) is 0 Å². The van der Waals surface area contributed by atoms with Gasteiger partial charge in [0.25, 0.3) is 0 Å². The zero-order valence-corrected chi connectivity index (χ0v) is 16.9. The first-order valence-corrected chi connectivity index (χ1v) is 9.90. The molecule has 170 valence electrons. The van der Waals surface area contributed by atoms with Crippen molar-refractivity contribution in [2.75, 3.05) is 16.0 Å². The van der Waals surface area contributed by atoms with Gasteiger partial charge >= 0.3 is 12.1 Å². The van der Waals surface area contributed by atoms with Gasteiger partial charge in [-0.05, 0) is 37.5 Å². The number of para-hydroxylation sites is 2. The molecule has 1 aromatic heterocycles. The van der Waals surface area contributed by atoms with Crippen molar-refractivity contribution in [3.63, 3.8) is 0 Å². The molecular formula is C21H22F3N5O3. The van der Waals surface area contributed by atoms with E-state index in [0.717, 1.165) is 6.08 Å². The van der Waals surface area contributed by atoms with Crippen LogP contribution in [0, 0.1) is 5.92 Å². The molecule has 0 spiro atoms. The maximum Gasteiger partial charge on any atom is 0.421 e. The highest BCUT2D eigenvalue weighted by Crippen LogP contribution is 2.36. The van der Waals surface area contributed by atoms with Crippen LogP contribution in [0.1, 0.15) is 31.2 Å². The van der Waals surface area contributed by atoms with Crippen molar-refractivity contribution in [2.24, 2.45) is 5.92 Å². The first kappa shape index (κ1) is 23.0. The summed E-state index contributed by atoms with van der Waals surface area (Å²) >= 11 is 0. The van der Waals surface area contributed by atoms with Crippen LogP contribution in [0.5, 0.6) is 0 Å². The minimum absolute atomic E-state index is 0.0517. The number of carboxylic acids is 1. The van der Waals surface area contributed by atoms with E-state index >= 15 is 0 Å². The summed E-state index contributed by atoms with van der Waals surface area (Å²) in [6.07, 6.45) is -0.789. The van der Waals surface area contributed by atoms with Gasteiger partial charge in [-0.1, -0.05) is 25.1 Å². The Labute approximate surface area is 182 Å². The topological polar surface area (TPSA) is 116 Å². The summed E-state index contributed by atoms with van der Waals surface area (Å²) in [6.45, 7) is 3.35. The monoisotopic (exact) mass is 449 g/mol. The molecule has 2 atom stereocenters. The van der Waals surface area contributed by atoms with Crippen LogP contribution in [0.2, 0.25) is 0 Å². The van der Waals surface area contributed by atoms with Gasteiger partial charge in [-0.3, -0.25) is 9.59 Å². The van der Waals surface area contributed by atoms with E-state index in [1.54, 1.807) is 12.1 Å². The molecule has 4 N–H and O–H groups in total. The van der Waals surface area contributed by atoms with E-state index in [1.807, 2.05) is 0 Å². The number of nitrogens with one attached hydrogen (secondary N) is 3. The quantitative estimate of drug-likeness (QED) is 0.463. The summed E-state index contributed by atoms with van der Waals surface area (Å²) in [5.74, 6) is -2.49. The highest BCUT2D eigenvalue weighted by Gasteiger charge is 2.36. The molecule has 1 saturated carbocycles. The first-order chi connectivity index (χ1) is 15.2. The largest absolute Gasteiger partial charge is 0.481 e. The first-order valence-electron chi connectivity index (χ1n) is 9.90. The molecule has 1 aliphatic rings. The number of carboxylic acid groups (broad SMARTS) is 1. The Hall–Kier alpha value is -3.63. The summed E-state index contributed by atoms with van der Waals surface area (Å²) in [5, 5.41) is 17.3. The standard InChI is InChI=1S/C21H22F3N5O3/c1-2-17(30)27-15-8-3-4-9-16(15)28-18-14(21(22,23)24)11-25-20(29-18)26-13-7-5-6-12(10-13)19(31)32/h2-4,8-9,11-13H,1,5-7,10H2,(H,27,30)(H,31,32)(H2,25,26,28,29)/t12-,13+/m1/s1. The number of nitrogens with zero attached hydrogens (tertiary/aromatic N) is 2. The average Bonchev–Trinajstić information content (AvgIpc) is 2.74. The van der Waals surface area contributed by atoms with Gasteiger partial charge < -0.3 is 21.1 Å². The Balaban J connectivity index is 1.89. The number of carbonyl (C=O) groups is 2. The van der Waals surface area contributed by atoms with Crippen molar-refractivity contribution in [3.05, 3.63) is 48.7 Å². The lowest BCUT2D eigenvalue weighted by Gasteiger charge is -2.27. The molecule has 0 unspecified atom stereocenters. The molecule has 1 aromatic carbocycles. The minimum atomic E-state index is -4.72. The number of benzene rings is 1. The molecule has 3 rings (SSSR count). The van der Waals surface area contributed by atoms with Crippen LogP contribution in [0.15, 0.2) is 43.1 Å². The van der Waals surface area contributed by atoms with Crippen molar-refractivity contribution < 1.29 is 27.9 Å². The van der Waals surface area contributed by atoms with Crippen molar-refractivity contribution >= 4 is 35.0 Å². The molecule has 11 heteroatoms. The summed E-state index contributed by atoms with van der Waals surface area (Å²) < 4.78 is 40.7. The van der Waals surface area contributed by atoms with Crippen molar-refractivity contribution in [2.45, 2.75) is 37.9 Å². The number of hydrogen-bond acceptors (Lipinski definition) is 6. The van der Waals surface area contributed by atoms with Crippen LogP contribution in [0.25, 0.3) is 0 Å². The molecule has 32 heavy (non-hydrogen) atoms. The molecule has 0 aliphatic heterocycles. The lowest BCUT2D eigenvalue weighted by molar-refractivity contribution is -0.143. The van der Waals surface area contributed by atoms with Crippen LogP contribution in [-0.2, 0) is 15.8 Å². The second kappa shape index (κ2) is 9.67. The summed E-state index contributed by atoms with van der Waals surface area (Å²) in [7, 11) is 0. The number of alkyl halides is 3. The van der Waals surface area contributed by atoms with Gasteiger partial charge in [0.2, 0.25) is 11.9 Å². The van der Waals surface area contributed by atoms with Gasteiger partial charge in [0.1, 0.15) is 11.4 Å². The van der Waals surface area contributed by atoms with E-state index < -0.39 is 35.4 Å². The number of aliphatic carboxylic acids is 1. The van der Waals surface area contributed by atoms with E-state index in [4.69, 9.17) is 0 Å². The molecule has 1 heterocycles. The van der Waals surface area contributed by atoms with Gasteiger partial charge in [-0.25, -0.2) is 4.98 Å². The molecular weight excluding hydrogens is 427 g/mol. The highest BCUT2D eigenvalue weighted by molar-refractivity contribution is 6.01. The Morgan fingerprint density at radius 3 is 2.56 bits per heavy atom. The van der Waals surface area contributed by atoms with Crippen LogP contribution >= 0.6 is 0 Å². The molecule has 8 nitrogen and oxygen atoms in total. The Morgan fingerprint density at radius 1 is 1.19 bits per heavy atom. The van der Waals surface area contributed by atoms with Gasteiger partial charge in [0.15, 0.2) is 0 Å².